The lowest BCUT2D eigenvalue weighted by atomic mass is 9.76. The van der Waals surface area contributed by atoms with Crippen LogP contribution in [-0.2, 0) is 11.7 Å². The second-order valence-electron chi connectivity index (χ2n) is 5.12. The summed E-state index contributed by atoms with van der Waals surface area (Å²) in [5.74, 6) is -2.69. The third-order valence-corrected chi connectivity index (χ3v) is 3.92. The number of hydrogen-bond donors (Lipinski definition) is 1. The Bertz CT molecular complexity index is 457. The van der Waals surface area contributed by atoms with E-state index in [9.17, 15) is 22.0 Å². The first-order chi connectivity index (χ1) is 9.19. The summed E-state index contributed by atoms with van der Waals surface area (Å²) < 4.78 is 63.8. The van der Waals surface area contributed by atoms with Crippen molar-refractivity contribution < 1.29 is 22.0 Å². The molecule has 0 saturated heterocycles. The van der Waals surface area contributed by atoms with Crippen molar-refractivity contribution in [3.63, 3.8) is 0 Å². The monoisotopic (exact) mass is 294 g/mol. The molecule has 1 N–H and O–H groups in total. The van der Waals surface area contributed by atoms with Crippen molar-refractivity contribution in [1.29, 1.82) is 0 Å². The van der Waals surface area contributed by atoms with Gasteiger partial charge in [-0.25, -0.2) is 8.78 Å². The highest BCUT2D eigenvalue weighted by Crippen LogP contribution is 2.43. The van der Waals surface area contributed by atoms with Crippen molar-refractivity contribution in [3.05, 3.63) is 29.6 Å². The van der Waals surface area contributed by atoms with Crippen molar-refractivity contribution in [2.24, 2.45) is 0 Å². The third-order valence-electron chi connectivity index (χ3n) is 3.92. The standard InChI is InChI=1S/C13H15F5N2/c1-19-11(4-6-12(14,15)7-5-11)9-2-3-10(20-8-9)13(16,17)18/h2-3,8,19H,4-7H2,1H3. The van der Waals surface area contributed by atoms with Gasteiger partial charge >= 0.3 is 6.18 Å². The molecule has 0 unspecified atom stereocenters. The second kappa shape index (κ2) is 4.95. The Morgan fingerprint density at radius 1 is 1.10 bits per heavy atom. The van der Waals surface area contributed by atoms with Crippen LogP contribution in [0.1, 0.15) is 36.9 Å². The molecule has 0 bridgehead atoms. The molecule has 0 atom stereocenters. The summed E-state index contributed by atoms with van der Waals surface area (Å²) in [6.45, 7) is 0. The second-order valence-corrected chi connectivity index (χ2v) is 5.12. The molecule has 1 aliphatic rings. The van der Waals surface area contributed by atoms with Gasteiger partial charge in [0.1, 0.15) is 5.69 Å². The molecular weight excluding hydrogens is 279 g/mol. The van der Waals surface area contributed by atoms with Crippen molar-refractivity contribution >= 4 is 0 Å². The molecule has 0 spiro atoms. The van der Waals surface area contributed by atoms with E-state index < -0.39 is 23.3 Å². The lowest BCUT2D eigenvalue weighted by molar-refractivity contribution is -0.141. The van der Waals surface area contributed by atoms with Crippen molar-refractivity contribution in [2.45, 2.75) is 43.3 Å². The number of alkyl halides is 5. The van der Waals surface area contributed by atoms with E-state index in [4.69, 9.17) is 0 Å². The van der Waals surface area contributed by atoms with Crippen LogP contribution in [0.2, 0.25) is 0 Å². The molecule has 2 rings (SSSR count). The maximum absolute atomic E-state index is 13.2. The van der Waals surface area contributed by atoms with Crippen LogP contribution >= 0.6 is 0 Å². The van der Waals surface area contributed by atoms with Gasteiger partial charge in [-0.1, -0.05) is 6.07 Å². The molecule has 1 aromatic rings. The first-order valence-electron chi connectivity index (χ1n) is 6.29. The number of nitrogens with zero attached hydrogens (tertiary/aromatic N) is 1. The summed E-state index contributed by atoms with van der Waals surface area (Å²) in [7, 11) is 1.63. The Morgan fingerprint density at radius 3 is 2.10 bits per heavy atom. The van der Waals surface area contributed by atoms with Crippen LogP contribution in [-0.4, -0.2) is 18.0 Å². The number of hydrogen-bond acceptors (Lipinski definition) is 2. The van der Waals surface area contributed by atoms with Gasteiger partial charge < -0.3 is 5.32 Å². The minimum Gasteiger partial charge on any atom is -0.310 e. The van der Waals surface area contributed by atoms with Crippen molar-refractivity contribution in [1.82, 2.24) is 10.3 Å². The topological polar surface area (TPSA) is 24.9 Å². The number of nitrogens with one attached hydrogen (secondary N) is 1. The molecule has 20 heavy (non-hydrogen) atoms. The predicted molar refractivity (Wildman–Crippen MR) is 63.4 cm³/mol. The van der Waals surface area contributed by atoms with E-state index in [0.717, 1.165) is 12.3 Å². The highest BCUT2D eigenvalue weighted by Gasteiger charge is 2.44. The van der Waals surface area contributed by atoms with Crippen LogP contribution in [0.15, 0.2) is 18.3 Å². The normalized spacial score (nSPS) is 21.7. The van der Waals surface area contributed by atoms with E-state index in [0.29, 0.717) is 5.56 Å². The summed E-state index contributed by atoms with van der Waals surface area (Å²) in [6, 6.07) is 2.21. The zero-order chi connectivity index (χ0) is 15.0. The summed E-state index contributed by atoms with van der Waals surface area (Å²) in [5.41, 5.74) is -1.18. The van der Waals surface area contributed by atoms with Gasteiger partial charge in [0.15, 0.2) is 0 Å². The van der Waals surface area contributed by atoms with Crippen LogP contribution < -0.4 is 5.32 Å². The van der Waals surface area contributed by atoms with E-state index in [1.807, 2.05) is 0 Å². The van der Waals surface area contributed by atoms with Crippen LogP contribution in [0.25, 0.3) is 0 Å². The fraction of sp³-hybridized carbons (Fsp3) is 0.615. The minimum atomic E-state index is -4.50. The molecule has 2 nitrogen and oxygen atoms in total. The fourth-order valence-electron chi connectivity index (χ4n) is 2.57. The quantitative estimate of drug-likeness (QED) is 0.841. The Hall–Kier alpha value is -1.24. The average Bonchev–Trinajstić information content (AvgIpc) is 2.39. The molecule has 0 aliphatic heterocycles. The molecule has 7 heteroatoms. The molecule has 0 amide bonds. The summed E-state index contributed by atoms with van der Waals surface area (Å²) >= 11 is 0. The zero-order valence-corrected chi connectivity index (χ0v) is 10.9. The molecule has 1 saturated carbocycles. The highest BCUT2D eigenvalue weighted by atomic mass is 19.4. The van der Waals surface area contributed by atoms with Crippen molar-refractivity contribution in [3.8, 4) is 0 Å². The SMILES string of the molecule is CNC1(c2ccc(C(F)(F)F)nc2)CCC(F)(F)CC1. The maximum Gasteiger partial charge on any atom is 0.433 e. The Balaban J connectivity index is 2.25. The lowest BCUT2D eigenvalue weighted by Gasteiger charge is -2.40. The molecule has 1 heterocycles. The number of aromatic nitrogens is 1. The van der Waals surface area contributed by atoms with Gasteiger partial charge in [0.05, 0.1) is 0 Å². The Morgan fingerprint density at radius 2 is 1.70 bits per heavy atom. The predicted octanol–water partition coefficient (Wildman–Crippen LogP) is 3.72. The Kier molecular flexibility index (Phi) is 3.75. The summed E-state index contributed by atoms with van der Waals surface area (Å²) in [4.78, 5) is 3.40. The maximum atomic E-state index is 13.2. The first-order valence-corrected chi connectivity index (χ1v) is 6.29. The lowest BCUT2D eigenvalue weighted by Crippen LogP contribution is -2.45. The van der Waals surface area contributed by atoms with E-state index >= 15 is 0 Å². The van der Waals surface area contributed by atoms with Gasteiger partial charge in [-0.2, -0.15) is 13.2 Å². The van der Waals surface area contributed by atoms with E-state index in [2.05, 4.69) is 10.3 Å². The summed E-state index contributed by atoms with van der Waals surface area (Å²) in [6.07, 6.45) is -3.59. The smallest absolute Gasteiger partial charge is 0.310 e. The van der Waals surface area contributed by atoms with E-state index in [1.54, 1.807) is 7.05 Å². The molecule has 1 fully saturated rings. The average molecular weight is 294 g/mol. The summed E-state index contributed by atoms with van der Waals surface area (Å²) in [5, 5.41) is 2.98. The third kappa shape index (κ3) is 2.92. The van der Waals surface area contributed by atoms with E-state index in [-0.39, 0.29) is 25.7 Å². The molecular formula is C13H15F5N2. The number of rotatable bonds is 2. The van der Waals surface area contributed by atoms with Gasteiger partial charge in [-0.3, -0.25) is 4.98 Å². The van der Waals surface area contributed by atoms with Gasteiger partial charge in [-0.15, -0.1) is 0 Å². The van der Waals surface area contributed by atoms with Crippen LogP contribution in [0.3, 0.4) is 0 Å². The molecule has 112 valence electrons. The zero-order valence-electron chi connectivity index (χ0n) is 10.9. The van der Waals surface area contributed by atoms with Crippen molar-refractivity contribution in [2.75, 3.05) is 7.05 Å². The first kappa shape index (κ1) is 15.2. The molecule has 1 aliphatic carbocycles. The van der Waals surface area contributed by atoms with Gasteiger partial charge in [0.2, 0.25) is 5.92 Å². The highest BCUT2D eigenvalue weighted by molar-refractivity contribution is 5.25. The Labute approximate surface area is 113 Å². The van der Waals surface area contributed by atoms with Crippen LogP contribution in [0, 0.1) is 0 Å². The largest absolute Gasteiger partial charge is 0.433 e. The van der Waals surface area contributed by atoms with Crippen LogP contribution in [0.4, 0.5) is 22.0 Å². The van der Waals surface area contributed by atoms with Gasteiger partial charge in [0.25, 0.3) is 0 Å². The van der Waals surface area contributed by atoms with Gasteiger partial charge in [-0.05, 0) is 31.5 Å². The number of halogens is 5. The minimum absolute atomic E-state index is 0.170. The molecule has 0 radical (unpaired) electrons. The van der Waals surface area contributed by atoms with Crippen LogP contribution in [0.5, 0.6) is 0 Å². The van der Waals surface area contributed by atoms with Gasteiger partial charge in [0, 0.05) is 24.6 Å². The number of pyridine rings is 1. The molecule has 1 aromatic heterocycles. The van der Waals surface area contributed by atoms with E-state index in [1.165, 1.54) is 6.07 Å². The fourth-order valence-corrected chi connectivity index (χ4v) is 2.57. The molecule has 0 aromatic carbocycles.